The molecule has 0 saturated carbocycles. The summed E-state index contributed by atoms with van der Waals surface area (Å²) < 4.78 is 1.44. The van der Waals surface area contributed by atoms with E-state index in [0.29, 0.717) is 18.8 Å². The third kappa shape index (κ3) is 3.14. The van der Waals surface area contributed by atoms with Crippen molar-refractivity contribution in [3.05, 3.63) is 24.0 Å². The minimum absolute atomic E-state index is 0.0833. The number of carbonyl (C=O) groups excluding carboxylic acids is 1. The molecule has 0 spiro atoms. The van der Waals surface area contributed by atoms with Crippen LogP contribution in [0.5, 0.6) is 0 Å². The van der Waals surface area contributed by atoms with Gasteiger partial charge in [-0.3, -0.25) is 9.59 Å². The lowest BCUT2D eigenvalue weighted by atomic mass is 9.99. The van der Waals surface area contributed by atoms with Gasteiger partial charge >= 0.3 is 5.97 Å². The van der Waals surface area contributed by atoms with Crippen LogP contribution in [0, 0.1) is 5.92 Å². The molecule has 1 aromatic rings. The van der Waals surface area contributed by atoms with E-state index in [1.807, 2.05) is 0 Å². The molecule has 1 amide bonds. The number of nitrogens with zero attached hydrogens (tertiary/aromatic N) is 2. The van der Waals surface area contributed by atoms with Gasteiger partial charge in [-0.1, -0.05) is 0 Å². The van der Waals surface area contributed by atoms with E-state index in [9.17, 15) is 14.7 Å². The highest BCUT2D eigenvalue weighted by Gasteiger charge is 2.25. The Kier molecular flexibility index (Phi) is 4.21. The minimum Gasteiger partial charge on any atom is -0.480 e. The first kappa shape index (κ1) is 13.6. The molecule has 0 radical (unpaired) electrons. The normalized spacial score (nSPS) is 19.4. The number of carboxylic acids is 1. The number of aliphatic hydroxyl groups is 1. The molecule has 1 unspecified atom stereocenters. The summed E-state index contributed by atoms with van der Waals surface area (Å²) in [5, 5.41) is 18.0. The predicted octanol–water partition coefficient (Wildman–Crippen LogP) is 0.417. The number of hydrogen-bond acceptors (Lipinski definition) is 3. The van der Waals surface area contributed by atoms with Crippen LogP contribution in [0.15, 0.2) is 18.3 Å². The maximum atomic E-state index is 12.4. The van der Waals surface area contributed by atoms with Crippen LogP contribution in [0.1, 0.15) is 23.3 Å². The summed E-state index contributed by atoms with van der Waals surface area (Å²) in [4.78, 5) is 24.8. The van der Waals surface area contributed by atoms with Gasteiger partial charge in [-0.2, -0.15) is 0 Å². The molecule has 0 aliphatic carbocycles. The first-order chi connectivity index (χ1) is 9.11. The molecule has 6 nitrogen and oxygen atoms in total. The largest absolute Gasteiger partial charge is 0.480 e. The molecule has 0 aromatic carbocycles. The number of rotatable bonds is 4. The van der Waals surface area contributed by atoms with Crippen LogP contribution in [0.25, 0.3) is 0 Å². The fourth-order valence-electron chi connectivity index (χ4n) is 2.45. The molecular weight excluding hydrogens is 248 g/mol. The molecule has 19 heavy (non-hydrogen) atoms. The van der Waals surface area contributed by atoms with E-state index in [4.69, 9.17) is 5.11 Å². The zero-order valence-electron chi connectivity index (χ0n) is 10.7. The van der Waals surface area contributed by atoms with Gasteiger partial charge in [-0.05, 0) is 30.9 Å². The summed E-state index contributed by atoms with van der Waals surface area (Å²) >= 11 is 0. The Morgan fingerprint density at radius 3 is 2.89 bits per heavy atom. The molecular formula is C13H18N2O4. The topological polar surface area (TPSA) is 82.8 Å². The summed E-state index contributed by atoms with van der Waals surface area (Å²) in [6.45, 7) is 1.06. The molecule has 2 heterocycles. The van der Waals surface area contributed by atoms with E-state index >= 15 is 0 Å². The van der Waals surface area contributed by atoms with E-state index in [0.717, 1.165) is 12.8 Å². The van der Waals surface area contributed by atoms with E-state index < -0.39 is 5.97 Å². The predicted molar refractivity (Wildman–Crippen MR) is 67.8 cm³/mol. The molecule has 6 heteroatoms. The fraction of sp³-hybridized carbons (Fsp3) is 0.538. The monoisotopic (exact) mass is 266 g/mol. The van der Waals surface area contributed by atoms with Crippen molar-refractivity contribution in [3.8, 4) is 0 Å². The average Bonchev–Trinajstić information content (AvgIpc) is 2.85. The number of aliphatic carboxylic acids is 1. The Morgan fingerprint density at radius 2 is 2.21 bits per heavy atom. The summed E-state index contributed by atoms with van der Waals surface area (Å²) in [6, 6.07) is 3.30. The summed E-state index contributed by atoms with van der Waals surface area (Å²) in [7, 11) is 0. The molecule has 104 valence electrons. The number of hydrogen-bond donors (Lipinski definition) is 2. The van der Waals surface area contributed by atoms with Crippen molar-refractivity contribution in [1.82, 2.24) is 9.47 Å². The lowest BCUT2D eigenvalue weighted by molar-refractivity contribution is -0.137. The number of piperidine rings is 1. The van der Waals surface area contributed by atoms with Gasteiger partial charge < -0.3 is 19.7 Å². The standard InChI is InChI=1S/C13H18N2O4/c16-9-10-3-1-6-15(7-10)13(19)11-4-2-5-14(11)8-12(17)18/h2,4-5,10,16H,1,3,6-9H2,(H,17,18). The highest BCUT2D eigenvalue weighted by atomic mass is 16.4. The molecule has 1 aliphatic rings. The Balaban J connectivity index is 2.10. The van der Waals surface area contributed by atoms with E-state index in [1.165, 1.54) is 4.57 Å². The second-order valence-corrected chi connectivity index (χ2v) is 4.86. The maximum Gasteiger partial charge on any atom is 0.323 e. The fourth-order valence-corrected chi connectivity index (χ4v) is 2.45. The van der Waals surface area contributed by atoms with Crippen LogP contribution in [0.2, 0.25) is 0 Å². The molecule has 1 aliphatic heterocycles. The smallest absolute Gasteiger partial charge is 0.323 e. The molecule has 1 aromatic heterocycles. The molecule has 1 fully saturated rings. The van der Waals surface area contributed by atoms with Crippen LogP contribution in [-0.2, 0) is 11.3 Å². The Hall–Kier alpha value is -1.82. The third-order valence-corrected chi connectivity index (χ3v) is 3.42. The SMILES string of the molecule is O=C(O)Cn1cccc1C(=O)N1CCCC(CO)C1. The summed E-state index contributed by atoms with van der Waals surface area (Å²) in [6.07, 6.45) is 3.39. The highest BCUT2D eigenvalue weighted by Crippen LogP contribution is 2.18. The maximum absolute atomic E-state index is 12.4. The third-order valence-electron chi connectivity index (χ3n) is 3.42. The first-order valence-corrected chi connectivity index (χ1v) is 6.39. The van der Waals surface area contributed by atoms with Gasteiger partial charge in [-0.25, -0.2) is 0 Å². The molecule has 0 bridgehead atoms. The minimum atomic E-state index is -0.975. The van der Waals surface area contributed by atoms with Gasteiger partial charge in [0.1, 0.15) is 12.2 Å². The van der Waals surface area contributed by atoms with Gasteiger partial charge in [0.25, 0.3) is 5.91 Å². The van der Waals surface area contributed by atoms with Crippen LogP contribution in [-0.4, -0.2) is 51.3 Å². The highest BCUT2D eigenvalue weighted by molar-refractivity contribution is 5.93. The summed E-state index contributed by atoms with van der Waals surface area (Å²) in [5.74, 6) is -1.01. The van der Waals surface area contributed by atoms with E-state index in [-0.39, 0.29) is 25.0 Å². The van der Waals surface area contributed by atoms with Crippen molar-refractivity contribution < 1.29 is 19.8 Å². The van der Waals surface area contributed by atoms with E-state index in [2.05, 4.69) is 0 Å². The number of aliphatic hydroxyl groups excluding tert-OH is 1. The molecule has 2 rings (SSSR count). The number of carbonyl (C=O) groups is 2. The number of likely N-dealkylation sites (tertiary alicyclic amines) is 1. The van der Waals surface area contributed by atoms with Gasteiger partial charge in [0, 0.05) is 25.9 Å². The van der Waals surface area contributed by atoms with Crippen molar-refractivity contribution >= 4 is 11.9 Å². The Bertz CT molecular complexity index is 469. The van der Waals surface area contributed by atoms with Crippen LogP contribution >= 0.6 is 0 Å². The van der Waals surface area contributed by atoms with E-state index in [1.54, 1.807) is 23.2 Å². The van der Waals surface area contributed by atoms with Crippen LogP contribution in [0.4, 0.5) is 0 Å². The van der Waals surface area contributed by atoms with Crippen molar-refractivity contribution in [2.45, 2.75) is 19.4 Å². The van der Waals surface area contributed by atoms with Crippen molar-refractivity contribution in [2.75, 3.05) is 19.7 Å². The van der Waals surface area contributed by atoms with Crippen molar-refractivity contribution in [1.29, 1.82) is 0 Å². The van der Waals surface area contributed by atoms with Gasteiger partial charge in [0.05, 0.1) is 0 Å². The van der Waals surface area contributed by atoms with Crippen molar-refractivity contribution in [2.24, 2.45) is 5.92 Å². The number of amides is 1. The molecule has 1 atom stereocenters. The Morgan fingerprint density at radius 1 is 1.42 bits per heavy atom. The quantitative estimate of drug-likeness (QED) is 0.827. The van der Waals surface area contributed by atoms with Crippen LogP contribution in [0.3, 0.4) is 0 Å². The lowest BCUT2D eigenvalue weighted by Gasteiger charge is -2.32. The van der Waals surface area contributed by atoms with Crippen LogP contribution < -0.4 is 0 Å². The zero-order chi connectivity index (χ0) is 13.8. The van der Waals surface area contributed by atoms with Gasteiger partial charge in [0.2, 0.25) is 0 Å². The summed E-state index contributed by atoms with van der Waals surface area (Å²) in [5.41, 5.74) is 0.390. The number of carboxylic acid groups (broad SMARTS) is 1. The van der Waals surface area contributed by atoms with Gasteiger partial charge in [0.15, 0.2) is 0 Å². The molecule has 1 saturated heterocycles. The lowest BCUT2D eigenvalue weighted by Crippen LogP contribution is -2.41. The van der Waals surface area contributed by atoms with Crippen molar-refractivity contribution in [3.63, 3.8) is 0 Å². The first-order valence-electron chi connectivity index (χ1n) is 6.39. The second-order valence-electron chi connectivity index (χ2n) is 4.86. The van der Waals surface area contributed by atoms with Gasteiger partial charge in [-0.15, -0.1) is 0 Å². The average molecular weight is 266 g/mol. The number of aromatic nitrogens is 1. The zero-order valence-corrected chi connectivity index (χ0v) is 10.7. The second kappa shape index (κ2) is 5.88. The molecule has 2 N–H and O–H groups in total. The Labute approximate surface area is 111 Å².